The summed E-state index contributed by atoms with van der Waals surface area (Å²) in [4.78, 5) is 49.9. The minimum atomic E-state index is -0.808. The van der Waals surface area contributed by atoms with Gasteiger partial charge in [0, 0.05) is 52.0 Å². The Morgan fingerprint density at radius 2 is 1.55 bits per heavy atom. The summed E-state index contributed by atoms with van der Waals surface area (Å²) in [6, 6.07) is 15.3. The number of hydrogen-bond donors (Lipinski definition) is 3. The largest absolute Gasteiger partial charge is 0.444 e. The maximum atomic E-state index is 12.9. The summed E-state index contributed by atoms with van der Waals surface area (Å²) in [5.74, 6) is 0.693. The van der Waals surface area contributed by atoms with Gasteiger partial charge < -0.3 is 29.9 Å². The molecule has 0 saturated carbocycles. The molecule has 0 aromatic heterocycles. The molecule has 3 N–H and O–H groups in total. The van der Waals surface area contributed by atoms with Crippen LogP contribution in [0, 0.1) is 0 Å². The molecular formula is C35H49N7O5. The van der Waals surface area contributed by atoms with Crippen LogP contribution in [0.3, 0.4) is 0 Å². The number of amides is 3. The number of carbonyl (C=O) groups is 3. The predicted molar refractivity (Wildman–Crippen MR) is 187 cm³/mol. The van der Waals surface area contributed by atoms with Gasteiger partial charge >= 0.3 is 12.2 Å². The number of guanidine groups is 2. The van der Waals surface area contributed by atoms with Crippen molar-refractivity contribution in [3.63, 3.8) is 0 Å². The number of rotatable bonds is 6. The average molecular weight is 648 g/mol. The third-order valence-corrected chi connectivity index (χ3v) is 6.77. The second kappa shape index (κ2) is 16.1. The fourth-order valence-corrected chi connectivity index (χ4v) is 4.62. The van der Waals surface area contributed by atoms with Crippen molar-refractivity contribution in [3.05, 3.63) is 71.3 Å². The van der Waals surface area contributed by atoms with E-state index in [0.29, 0.717) is 25.1 Å². The number of anilines is 1. The van der Waals surface area contributed by atoms with E-state index in [1.54, 1.807) is 65.6 Å². The Labute approximate surface area is 278 Å². The topological polar surface area (TPSA) is 137 Å². The van der Waals surface area contributed by atoms with Gasteiger partial charge in [-0.3, -0.25) is 15.1 Å². The molecule has 12 heteroatoms. The maximum absolute atomic E-state index is 12.9. The Hall–Kier alpha value is -4.87. The number of ether oxygens (including phenoxy) is 2. The van der Waals surface area contributed by atoms with Gasteiger partial charge in [0.25, 0.3) is 5.91 Å². The predicted octanol–water partition coefficient (Wildman–Crippen LogP) is 5.52. The van der Waals surface area contributed by atoms with Gasteiger partial charge in [0.2, 0.25) is 5.96 Å². The zero-order valence-corrected chi connectivity index (χ0v) is 29.1. The maximum Gasteiger partial charge on any atom is 0.437 e. The number of nitrogens with zero attached hydrogens (tertiary/aromatic N) is 4. The SMILES string of the molecule is CN=C(NCCc1ccc(NC(=O)c2ccc(C3=CCN(/C(=N\C(=O)OC(C)(C)C)NC(=O)OC(C)(C)C)CC3)cc2)cc1)N(C)C. The second-order valence-electron chi connectivity index (χ2n) is 13.3. The fourth-order valence-electron chi connectivity index (χ4n) is 4.62. The highest BCUT2D eigenvalue weighted by Crippen LogP contribution is 2.24. The lowest BCUT2D eigenvalue weighted by Gasteiger charge is -2.30. The molecular weight excluding hydrogens is 598 g/mol. The van der Waals surface area contributed by atoms with Crippen LogP contribution in [-0.2, 0) is 15.9 Å². The van der Waals surface area contributed by atoms with E-state index in [2.05, 4.69) is 25.9 Å². The Balaban J connectivity index is 1.61. The van der Waals surface area contributed by atoms with Crippen molar-refractivity contribution in [1.29, 1.82) is 0 Å². The Bertz CT molecular complexity index is 1480. The third kappa shape index (κ3) is 12.4. The Morgan fingerprint density at radius 3 is 2.09 bits per heavy atom. The number of hydrogen-bond acceptors (Lipinski definition) is 6. The first-order valence-corrected chi connectivity index (χ1v) is 15.7. The van der Waals surface area contributed by atoms with Gasteiger partial charge in [0.05, 0.1) is 0 Å². The number of alkyl carbamates (subject to hydrolysis) is 1. The molecule has 2 aromatic rings. The van der Waals surface area contributed by atoms with Crippen LogP contribution in [0.15, 0.2) is 64.6 Å². The lowest BCUT2D eigenvalue weighted by Crippen LogP contribution is -2.48. The summed E-state index contributed by atoms with van der Waals surface area (Å²) < 4.78 is 10.7. The highest BCUT2D eigenvalue weighted by atomic mass is 16.6. The van der Waals surface area contributed by atoms with Gasteiger partial charge in [0.1, 0.15) is 11.2 Å². The highest BCUT2D eigenvalue weighted by Gasteiger charge is 2.25. The van der Waals surface area contributed by atoms with Gasteiger partial charge in [-0.1, -0.05) is 30.3 Å². The number of carbonyl (C=O) groups excluding carboxylic acids is 3. The Kier molecular flexibility index (Phi) is 12.5. The molecule has 12 nitrogen and oxygen atoms in total. The summed E-state index contributed by atoms with van der Waals surface area (Å²) in [5, 5.41) is 8.88. The highest BCUT2D eigenvalue weighted by molar-refractivity contribution is 6.04. The van der Waals surface area contributed by atoms with Crippen molar-refractivity contribution >= 4 is 41.3 Å². The molecule has 0 spiro atoms. The Morgan fingerprint density at radius 1 is 0.915 bits per heavy atom. The molecule has 0 radical (unpaired) electrons. The van der Waals surface area contributed by atoms with Crippen molar-refractivity contribution in [2.75, 3.05) is 46.1 Å². The number of benzene rings is 2. The van der Waals surface area contributed by atoms with E-state index in [1.165, 1.54) is 0 Å². The molecule has 0 bridgehead atoms. The molecule has 2 aromatic carbocycles. The number of aliphatic imine (C=N–C) groups is 2. The van der Waals surface area contributed by atoms with Crippen LogP contribution in [-0.4, -0.2) is 91.8 Å². The standard InChI is InChI=1S/C35H49N7O5/c1-34(2,3)46-32(44)39-31(40-33(45)47-35(4,5)6)42-22-19-26(20-23-42)25-12-14-27(15-13-25)29(43)38-28-16-10-24(11-17-28)18-21-37-30(36-7)41(8)9/h10-17,19H,18,20-23H2,1-9H3,(H,36,37)(H,38,43)(H,39,40,44,45). The van der Waals surface area contributed by atoms with Gasteiger partial charge in [-0.15, -0.1) is 4.99 Å². The van der Waals surface area contributed by atoms with E-state index in [-0.39, 0.29) is 11.9 Å². The van der Waals surface area contributed by atoms with Crippen LogP contribution >= 0.6 is 0 Å². The van der Waals surface area contributed by atoms with Crippen LogP contribution in [0.2, 0.25) is 0 Å². The van der Waals surface area contributed by atoms with E-state index in [9.17, 15) is 14.4 Å². The fraction of sp³-hybridized carbons (Fsp3) is 0.457. The molecule has 3 amide bonds. The first kappa shape index (κ1) is 36.6. The van der Waals surface area contributed by atoms with Crippen LogP contribution in [0.25, 0.3) is 5.57 Å². The van der Waals surface area contributed by atoms with Gasteiger partial charge in [-0.25, -0.2) is 9.59 Å². The molecule has 3 rings (SSSR count). The smallest absolute Gasteiger partial charge is 0.437 e. The first-order valence-electron chi connectivity index (χ1n) is 15.7. The van der Waals surface area contributed by atoms with Crippen molar-refractivity contribution in [2.45, 2.75) is 65.6 Å². The third-order valence-electron chi connectivity index (χ3n) is 6.77. The summed E-state index contributed by atoms with van der Waals surface area (Å²) in [6.07, 6.45) is 1.94. The lowest BCUT2D eigenvalue weighted by molar-refractivity contribution is 0.0554. The molecule has 1 heterocycles. The van der Waals surface area contributed by atoms with Gasteiger partial charge in [-0.2, -0.15) is 0 Å². The summed E-state index contributed by atoms with van der Waals surface area (Å²) in [5.41, 5.74) is 3.02. The minimum absolute atomic E-state index is 0.0601. The quantitative estimate of drug-likeness (QED) is 0.275. The van der Waals surface area contributed by atoms with Crippen molar-refractivity contribution in [3.8, 4) is 0 Å². The number of nitrogens with one attached hydrogen (secondary N) is 3. The van der Waals surface area contributed by atoms with E-state index in [4.69, 9.17) is 9.47 Å². The molecule has 0 atom stereocenters. The molecule has 0 fully saturated rings. The van der Waals surface area contributed by atoms with Crippen LogP contribution in [0.1, 0.15) is 69.4 Å². The van der Waals surface area contributed by atoms with E-state index >= 15 is 0 Å². The second-order valence-corrected chi connectivity index (χ2v) is 13.3. The van der Waals surface area contributed by atoms with E-state index < -0.39 is 23.4 Å². The average Bonchev–Trinajstić information content (AvgIpc) is 2.98. The van der Waals surface area contributed by atoms with Crippen molar-refractivity contribution in [1.82, 2.24) is 20.4 Å². The zero-order chi connectivity index (χ0) is 34.8. The van der Waals surface area contributed by atoms with Crippen molar-refractivity contribution < 1.29 is 23.9 Å². The monoisotopic (exact) mass is 647 g/mol. The first-order chi connectivity index (χ1) is 22.0. The van der Waals surface area contributed by atoms with Gasteiger partial charge in [-0.05, 0) is 95.3 Å². The van der Waals surface area contributed by atoms with Crippen LogP contribution < -0.4 is 16.0 Å². The summed E-state index contributed by atoms with van der Waals surface area (Å²) in [6.45, 7) is 12.1. The summed E-state index contributed by atoms with van der Waals surface area (Å²) >= 11 is 0. The molecule has 0 unspecified atom stereocenters. The molecule has 1 aliphatic rings. The molecule has 0 aliphatic carbocycles. The molecule has 254 valence electrons. The zero-order valence-electron chi connectivity index (χ0n) is 29.1. The van der Waals surface area contributed by atoms with E-state index in [1.807, 2.05) is 61.5 Å². The lowest BCUT2D eigenvalue weighted by atomic mass is 9.98. The molecule has 0 saturated heterocycles. The normalized spacial score (nSPS) is 14.1. The van der Waals surface area contributed by atoms with Crippen LogP contribution in [0.5, 0.6) is 0 Å². The van der Waals surface area contributed by atoms with Gasteiger partial charge in [0.15, 0.2) is 5.96 Å². The van der Waals surface area contributed by atoms with Crippen molar-refractivity contribution in [2.24, 2.45) is 9.98 Å². The van der Waals surface area contributed by atoms with E-state index in [0.717, 1.165) is 41.3 Å². The van der Waals surface area contributed by atoms with Crippen LogP contribution in [0.4, 0.5) is 15.3 Å². The summed E-state index contributed by atoms with van der Waals surface area (Å²) in [7, 11) is 5.64. The molecule has 1 aliphatic heterocycles. The molecule has 47 heavy (non-hydrogen) atoms. The minimum Gasteiger partial charge on any atom is -0.444 e.